The highest BCUT2D eigenvalue weighted by Gasteiger charge is 2.08. The van der Waals surface area contributed by atoms with E-state index < -0.39 is 0 Å². The Balaban J connectivity index is 0.00000200. The van der Waals surface area contributed by atoms with Crippen LogP contribution < -0.4 is 10.5 Å². The van der Waals surface area contributed by atoms with Crippen molar-refractivity contribution in [1.29, 1.82) is 0 Å². The van der Waals surface area contributed by atoms with E-state index in [1.54, 1.807) is 7.11 Å². The monoisotopic (exact) mass is 293 g/mol. The zero-order valence-electron chi connectivity index (χ0n) is 12.4. The average Bonchev–Trinajstić information content (AvgIpc) is 2.43. The number of hydrogen-bond acceptors (Lipinski definition) is 2. The highest BCUT2D eigenvalue weighted by atomic mass is 35.5. The van der Waals surface area contributed by atoms with Crippen LogP contribution in [0.4, 0.5) is 0 Å². The highest BCUT2D eigenvalue weighted by Crippen LogP contribution is 2.25. The first kappa shape index (κ1) is 16.8. The molecule has 0 bridgehead atoms. The summed E-state index contributed by atoms with van der Waals surface area (Å²) in [4.78, 5) is 0. The number of methoxy groups -OCH3 is 1. The number of rotatable bonds is 5. The van der Waals surface area contributed by atoms with Gasteiger partial charge in [-0.2, -0.15) is 0 Å². The minimum absolute atomic E-state index is 0. The summed E-state index contributed by atoms with van der Waals surface area (Å²) in [6.07, 6.45) is 2.21. The van der Waals surface area contributed by atoms with Gasteiger partial charge >= 0.3 is 0 Å². The molecule has 0 saturated heterocycles. The first-order valence-electron chi connectivity index (χ1n) is 6.93. The molecule has 0 aliphatic carbocycles. The highest BCUT2D eigenvalue weighted by molar-refractivity contribution is 5.85. The summed E-state index contributed by atoms with van der Waals surface area (Å²) in [7, 11) is 1.69. The van der Waals surface area contributed by atoms with Crippen molar-refractivity contribution in [2.45, 2.75) is 32.7 Å². The van der Waals surface area contributed by atoms with Crippen molar-refractivity contribution in [2.75, 3.05) is 7.11 Å². The van der Waals surface area contributed by atoms with Crippen LogP contribution in [0.15, 0.2) is 36.4 Å². The number of hydrogen-bond donors (Lipinski definition) is 1. The van der Waals surface area contributed by atoms with Crippen LogP contribution in [0.1, 0.15) is 38.3 Å². The van der Waals surface area contributed by atoms with Gasteiger partial charge in [0.05, 0.1) is 7.11 Å². The molecule has 2 rings (SSSR count). The lowest BCUT2D eigenvalue weighted by atomic mass is 9.96. The number of ether oxygens (including phenoxy) is 1. The van der Waals surface area contributed by atoms with Crippen molar-refractivity contribution < 1.29 is 4.74 Å². The molecule has 20 heavy (non-hydrogen) atoms. The largest absolute Gasteiger partial charge is 0.497 e. The van der Waals surface area contributed by atoms with E-state index in [9.17, 15) is 0 Å². The zero-order chi connectivity index (χ0) is 13.8. The van der Waals surface area contributed by atoms with Crippen molar-refractivity contribution in [3.8, 4) is 5.75 Å². The molecule has 0 radical (unpaired) electrons. The van der Waals surface area contributed by atoms with E-state index in [2.05, 4.69) is 44.2 Å². The number of halogens is 1. The van der Waals surface area contributed by atoms with Crippen LogP contribution in [0.5, 0.6) is 5.75 Å². The van der Waals surface area contributed by atoms with Gasteiger partial charge in [-0.25, -0.2) is 0 Å². The topological polar surface area (TPSA) is 35.2 Å². The Morgan fingerprint density at radius 3 is 2.30 bits per heavy atom. The molecule has 2 aromatic rings. The van der Waals surface area contributed by atoms with E-state index >= 15 is 0 Å². The van der Waals surface area contributed by atoms with Crippen molar-refractivity contribution in [1.82, 2.24) is 0 Å². The molecular formula is C17H24ClNO. The SMILES string of the molecule is COc1ccc2cc([C@H](N)CCC(C)C)ccc2c1.Cl. The molecule has 0 aliphatic heterocycles. The maximum Gasteiger partial charge on any atom is 0.119 e. The molecule has 3 heteroatoms. The lowest BCUT2D eigenvalue weighted by molar-refractivity contribution is 0.415. The lowest BCUT2D eigenvalue weighted by Gasteiger charge is -2.14. The van der Waals surface area contributed by atoms with Gasteiger partial charge < -0.3 is 10.5 Å². The molecule has 2 aromatic carbocycles. The summed E-state index contributed by atoms with van der Waals surface area (Å²) >= 11 is 0. The quantitative estimate of drug-likeness (QED) is 0.867. The summed E-state index contributed by atoms with van der Waals surface area (Å²) in [6, 6.07) is 12.7. The second kappa shape index (κ2) is 7.51. The van der Waals surface area contributed by atoms with E-state index in [4.69, 9.17) is 10.5 Å². The molecule has 0 saturated carbocycles. The molecule has 2 N–H and O–H groups in total. The minimum Gasteiger partial charge on any atom is -0.497 e. The van der Waals surface area contributed by atoms with Crippen molar-refractivity contribution in [2.24, 2.45) is 11.7 Å². The molecular weight excluding hydrogens is 270 g/mol. The molecule has 0 unspecified atom stereocenters. The summed E-state index contributed by atoms with van der Waals surface area (Å²) in [6.45, 7) is 4.47. The molecule has 0 spiro atoms. The fourth-order valence-electron chi connectivity index (χ4n) is 2.28. The average molecular weight is 294 g/mol. The van der Waals surface area contributed by atoms with E-state index in [0.717, 1.165) is 12.2 Å². The predicted molar refractivity (Wildman–Crippen MR) is 88.7 cm³/mol. The van der Waals surface area contributed by atoms with E-state index in [0.29, 0.717) is 5.92 Å². The summed E-state index contributed by atoms with van der Waals surface area (Å²) in [5.74, 6) is 1.60. The third-order valence-electron chi connectivity index (χ3n) is 3.55. The number of benzene rings is 2. The van der Waals surface area contributed by atoms with Gasteiger partial charge in [-0.3, -0.25) is 0 Å². The molecule has 2 nitrogen and oxygen atoms in total. The lowest BCUT2D eigenvalue weighted by Crippen LogP contribution is -2.11. The smallest absolute Gasteiger partial charge is 0.119 e. The van der Waals surface area contributed by atoms with Gasteiger partial charge in [0.1, 0.15) is 5.75 Å². The van der Waals surface area contributed by atoms with Crippen LogP contribution in [0.25, 0.3) is 10.8 Å². The molecule has 0 amide bonds. The number of fused-ring (bicyclic) bond motifs is 1. The van der Waals surface area contributed by atoms with Gasteiger partial charge in [-0.15, -0.1) is 12.4 Å². The van der Waals surface area contributed by atoms with E-state index in [1.165, 1.54) is 22.8 Å². The summed E-state index contributed by atoms with van der Waals surface area (Å²) in [5.41, 5.74) is 7.49. The normalized spacial score (nSPS) is 12.2. The van der Waals surface area contributed by atoms with Crippen molar-refractivity contribution >= 4 is 23.2 Å². The maximum atomic E-state index is 6.27. The third kappa shape index (κ3) is 4.12. The van der Waals surface area contributed by atoms with Gasteiger partial charge in [0.25, 0.3) is 0 Å². The van der Waals surface area contributed by atoms with Crippen LogP contribution in [-0.2, 0) is 0 Å². The van der Waals surface area contributed by atoms with Crippen molar-refractivity contribution in [3.05, 3.63) is 42.0 Å². The molecule has 110 valence electrons. The van der Waals surface area contributed by atoms with Crippen LogP contribution in [0.2, 0.25) is 0 Å². The van der Waals surface area contributed by atoms with Gasteiger partial charge in [0.2, 0.25) is 0 Å². The van der Waals surface area contributed by atoms with Gasteiger partial charge in [0, 0.05) is 6.04 Å². The predicted octanol–water partition coefficient (Wildman–Crippen LogP) is 4.71. The Morgan fingerprint density at radius 2 is 1.65 bits per heavy atom. The number of nitrogens with two attached hydrogens (primary N) is 1. The van der Waals surface area contributed by atoms with Crippen LogP contribution in [0.3, 0.4) is 0 Å². The molecule has 0 heterocycles. The Hall–Kier alpha value is -1.25. The third-order valence-corrected chi connectivity index (χ3v) is 3.55. The summed E-state index contributed by atoms with van der Waals surface area (Å²) in [5, 5.41) is 2.41. The first-order valence-corrected chi connectivity index (χ1v) is 6.93. The molecule has 0 aromatic heterocycles. The Bertz CT molecular complexity index is 554. The molecule has 0 fully saturated rings. The zero-order valence-corrected chi connectivity index (χ0v) is 13.2. The summed E-state index contributed by atoms with van der Waals surface area (Å²) < 4.78 is 5.24. The minimum atomic E-state index is 0. The second-order valence-electron chi connectivity index (χ2n) is 5.55. The Kier molecular flexibility index (Phi) is 6.31. The van der Waals surface area contributed by atoms with Crippen LogP contribution in [-0.4, -0.2) is 7.11 Å². The fourth-order valence-corrected chi connectivity index (χ4v) is 2.28. The van der Waals surface area contributed by atoms with E-state index in [1.807, 2.05) is 6.07 Å². The van der Waals surface area contributed by atoms with Gasteiger partial charge in [0.15, 0.2) is 0 Å². The maximum absolute atomic E-state index is 6.27. The van der Waals surface area contributed by atoms with Crippen molar-refractivity contribution in [3.63, 3.8) is 0 Å². The molecule has 1 atom stereocenters. The first-order chi connectivity index (χ1) is 9.10. The van der Waals surface area contributed by atoms with Crippen LogP contribution in [0, 0.1) is 5.92 Å². The van der Waals surface area contributed by atoms with Crippen LogP contribution >= 0.6 is 12.4 Å². The molecule has 0 aliphatic rings. The Labute approximate surface area is 127 Å². The van der Waals surface area contributed by atoms with Gasteiger partial charge in [-0.05, 0) is 53.3 Å². The second-order valence-corrected chi connectivity index (χ2v) is 5.55. The standard InChI is InChI=1S/C17H23NO.ClH/c1-12(2)4-9-17(18)15-6-5-14-11-16(19-3)8-7-13(14)10-15;/h5-8,10-12,17H,4,9,18H2,1-3H3;1H/t17-;/m1./s1. The van der Waals surface area contributed by atoms with Gasteiger partial charge in [-0.1, -0.05) is 32.0 Å². The Morgan fingerprint density at radius 1 is 1.00 bits per heavy atom. The fraction of sp³-hybridized carbons (Fsp3) is 0.412. The van der Waals surface area contributed by atoms with E-state index in [-0.39, 0.29) is 18.4 Å².